The van der Waals surface area contributed by atoms with Crippen molar-refractivity contribution in [3.8, 4) is 5.69 Å². The Kier molecular flexibility index (Phi) is 6.65. The quantitative estimate of drug-likeness (QED) is 0.571. The molecule has 1 N–H and O–H groups in total. The maximum atomic E-state index is 13.5. The summed E-state index contributed by atoms with van der Waals surface area (Å²) in [7, 11) is 0. The minimum Gasteiger partial charge on any atom is -0.349 e. The number of benzene rings is 2. The van der Waals surface area contributed by atoms with Crippen molar-refractivity contribution < 1.29 is 9.18 Å². The molecule has 1 amide bonds. The van der Waals surface area contributed by atoms with Crippen molar-refractivity contribution in [1.29, 1.82) is 0 Å². The zero-order valence-electron chi connectivity index (χ0n) is 15.1. The molecule has 0 aliphatic carbocycles. The van der Waals surface area contributed by atoms with E-state index >= 15 is 0 Å². The molecule has 2 aromatic carbocycles. The summed E-state index contributed by atoms with van der Waals surface area (Å²) in [4.78, 5) is 16.8. The van der Waals surface area contributed by atoms with Crippen LogP contribution >= 0.6 is 11.8 Å². The number of halogens is 1. The van der Waals surface area contributed by atoms with Crippen molar-refractivity contribution in [1.82, 2.24) is 14.9 Å². The number of amides is 1. The molecule has 0 saturated heterocycles. The first kappa shape index (κ1) is 19.2. The van der Waals surface area contributed by atoms with Gasteiger partial charge in [-0.05, 0) is 30.2 Å². The van der Waals surface area contributed by atoms with Crippen molar-refractivity contribution in [2.24, 2.45) is 0 Å². The molecule has 3 aromatic rings. The highest BCUT2D eigenvalue weighted by atomic mass is 32.2. The van der Waals surface area contributed by atoms with E-state index in [0.717, 1.165) is 18.4 Å². The topological polar surface area (TPSA) is 46.9 Å². The van der Waals surface area contributed by atoms with Gasteiger partial charge in [0.25, 0.3) is 0 Å². The van der Waals surface area contributed by atoms with E-state index < -0.39 is 0 Å². The normalized spacial score (nSPS) is 11.9. The summed E-state index contributed by atoms with van der Waals surface area (Å²) in [6.07, 6.45) is 5.28. The van der Waals surface area contributed by atoms with Crippen molar-refractivity contribution in [3.05, 3.63) is 78.4 Å². The van der Waals surface area contributed by atoms with Crippen LogP contribution in [-0.2, 0) is 4.79 Å². The Morgan fingerprint density at radius 3 is 2.78 bits per heavy atom. The van der Waals surface area contributed by atoms with E-state index in [0.29, 0.717) is 10.8 Å². The number of rotatable bonds is 8. The second-order valence-electron chi connectivity index (χ2n) is 6.17. The van der Waals surface area contributed by atoms with Gasteiger partial charge in [0.15, 0.2) is 5.16 Å². The molecule has 0 aliphatic rings. The van der Waals surface area contributed by atoms with Crippen LogP contribution < -0.4 is 5.32 Å². The van der Waals surface area contributed by atoms with E-state index in [4.69, 9.17) is 0 Å². The Bertz CT molecular complexity index is 882. The molecule has 6 heteroatoms. The average Bonchev–Trinajstić information content (AvgIpc) is 3.15. The average molecular weight is 383 g/mol. The van der Waals surface area contributed by atoms with E-state index in [1.54, 1.807) is 23.0 Å². The van der Waals surface area contributed by atoms with Gasteiger partial charge in [0, 0.05) is 12.4 Å². The van der Waals surface area contributed by atoms with Crippen LogP contribution in [0, 0.1) is 5.82 Å². The molecule has 1 unspecified atom stereocenters. The van der Waals surface area contributed by atoms with Crippen molar-refractivity contribution in [2.45, 2.75) is 31.0 Å². The Labute approximate surface area is 162 Å². The number of imidazole rings is 1. The number of nitrogens with zero attached hydrogens (tertiary/aromatic N) is 2. The summed E-state index contributed by atoms with van der Waals surface area (Å²) in [5.41, 5.74) is 1.79. The Morgan fingerprint density at radius 2 is 2.04 bits per heavy atom. The van der Waals surface area contributed by atoms with Gasteiger partial charge < -0.3 is 5.32 Å². The summed E-state index contributed by atoms with van der Waals surface area (Å²) >= 11 is 1.34. The first-order valence-electron chi connectivity index (χ1n) is 8.93. The molecule has 1 heterocycles. The number of carbonyl (C=O) groups excluding carboxylic acids is 1. The van der Waals surface area contributed by atoms with Crippen LogP contribution in [0.2, 0.25) is 0 Å². The van der Waals surface area contributed by atoms with E-state index in [1.165, 1.54) is 23.9 Å². The van der Waals surface area contributed by atoms with Crippen LogP contribution in [0.1, 0.15) is 31.4 Å². The van der Waals surface area contributed by atoms with Crippen molar-refractivity contribution in [3.63, 3.8) is 0 Å². The third-order valence-corrected chi connectivity index (χ3v) is 5.11. The van der Waals surface area contributed by atoms with E-state index in [-0.39, 0.29) is 23.5 Å². The first-order chi connectivity index (χ1) is 13.2. The summed E-state index contributed by atoms with van der Waals surface area (Å²) in [6, 6.07) is 16.3. The van der Waals surface area contributed by atoms with Gasteiger partial charge in [0.2, 0.25) is 5.91 Å². The molecule has 140 valence electrons. The standard InChI is InChI=1S/C21H22FN3OS/c1-2-7-19(16-8-4-3-5-9-16)24-20(26)15-27-21-23-12-13-25(21)18-11-6-10-17(22)14-18/h3-6,8-14,19H,2,7,15H2,1H3,(H,24,26). The highest BCUT2D eigenvalue weighted by molar-refractivity contribution is 7.99. The van der Waals surface area contributed by atoms with Crippen LogP contribution in [0.15, 0.2) is 72.1 Å². The summed E-state index contributed by atoms with van der Waals surface area (Å²) in [5.74, 6) is -0.101. The number of aromatic nitrogens is 2. The lowest BCUT2D eigenvalue weighted by atomic mass is 10.0. The summed E-state index contributed by atoms with van der Waals surface area (Å²) in [6.45, 7) is 2.10. The molecule has 27 heavy (non-hydrogen) atoms. The van der Waals surface area contributed by atoms with Crippen LogP contribution in [0.5, 0.6) is 0 Å². The Balaban J connectivity index is 1.63. The third-order valence-electron chi connectivity index (χ3n) is 4.14. The molecule has 1 aromatic heterocycles. The maximum absolute atomic E-state index is 13.5. The lowest BCUT2D eigenvalue weighted by Gasteiger charge is -2.18. The van der Waals surface area contributed by atoms with Crippen molar-refractivity contribution in [2.75, 3.05) is 5.75 Å². The van der Waals surface area contributed by atoms with Crippen LogP contribution in [0.25, 0.3) is 5.69 Å². The van der Waals surface area contributed by atoms with Gasteiger partial charge in [-0.2, -0.15) is 0 Å². The number of carbonyl (C=O) groups is 1. The fraction of sp³-hybridized carbons (Fsp3) is 0.238. The molecule has 0 fully saturated rings. The maximum Gasteiger partial charge on any atom is 0.230 e. The molecule has 4 nitrogen and oxygen atoms in total. The lowest BCUT2D eigenvalue weighted by molar-refractivity contribution is -0.119. The summed E-state index contributed by atoms with van der Waals surface area (Å²) in [5, 5.41) is 3.76. The first-order valence-corrected chi connectivity index (χ1v) is 9.92. The molecule has 3 rings (SSSR count). The van der Waals surface area contributed by atoms with Crippen LogP contribution in [-0.4, -0.2) is 21.2 Å². The van der Waals surface area contributed by atoms with Crippen LogP contribution in [0.3, 0.4) is 0 Å². The highest BCUT2D eigenvalue weighted by Gasteiger charge is 2.15. The molecule has 0 radical (unpaired) electrons. The van der Waals surface area contributed by atoms with Gasteiger partial charge in [0.1, 0.15) is 5.82 Å². The van der Waals surface area contributed by atoms with Gasteiger partial charge in [-0.25, -0.2) is 9.37 Å². The smallest absolute Gasteiger partial charge is 0.230 e. The predicted molar refractivity (Wildman–Crippen MR) is 106 cm³/mol. The zero-order chi connectivity index (χ0) is 19.1. The summed E-state index contributed by atoms with van der Waals surface area (Å²) < 4.78 is 15.3. The fourth-order valence-electron chi connectivity index (χ4n) is 2.88. The van der Waals surface area contributed by atoms with Gasteiger partial charge >= 0.3 is 0 Å². The fourth-order valence-corrected chi connectivity index (χ4v) is 3.67. The minimum absolute atomic E-state index is 0.00673. The number of hydrogen-bond donors (Lipinski definition) is 1. The third kappa shape index (κ3) is 5.20. The minimum atomic E-state index is -0.305. The number of thioether (sulfide) groups is 1. The molecule has 0 saturated carbocycles. The van der Waals surface area contributed by atoms with Gasteiger partial charge in [-0.3, -0.25) is 9.36 Å². The van der Waals surface area contributed by atoms with Crippen LogP contribution in [0.4, 0.5) is 4.39 Å². The molecular formula is C21H22FN3OS. The highest BCUT2D eigenvalue weighted by Crippen LogP contribution is 2.22. The Morgan fingerprint density at radius 1 is 1.22 bits per heavy atom. The van der Waals surface area contributed by atoms with E-state index in [2.05, 4.69) is 17.2 Å². The molecule has 0 spiro atoms. The second kappa shape index (κ2) is 9.37. The number of nitrogens with one attached hydrogen (secondary N) is 1. The molecule has 1 atom stereocenters. The van der Waals surface area contributed by atoms with E-state index in [1.807, 2.05) is 36.4 Å². The Hall–Kier alpha value is -2.60. The SMILES string of the molecule is CCCC(NC(=O)CSc1nccn1-c1cccc(F)c1)c1ccccc1. The number of hydrogen-bond acceptors (Lipinski definition) is 3. The largest absolute Gasteiger partial charge is 0.349 e. The van der Waals surface area contributed by atoms with Gasteiger partial charge in [-0.1, -0.05) is 61.5 Å². The molecule has 0 aliphatic heterocycles. The second-order valence-corrected chi connectivity index (χ2v) is 7.11. The van der Waals surface area contributed by atoms with E-state index in [9.17, 15) is 9.18 Å². The lowest BCUT2D eigenvalue weighted by Crippen LogP contribution is -2.30. The molecule has 0 bridgehead atoms. The zero-order valence-corrected chi connectivity index (χ0v) is 16.0. The van der Waals surface area contributed by atoms with Gasteiger partial charge in [0.05, 0.1) is 17.5 Å². The van der Waals surface area contributed by atoms with Crippen molar-refractivity contribution >= 4 is 17.7 Å². The molecular weight excluding hydrogens is 361 g/mol. The van der Waals surface area contributed by atoms with Gasteiger partial charge in [-0.15, -0.1) is 0 Å². The predicted octanol–water partition coefficient (Wildman–Crippen LogP) is 4.76. The monoisotopic (exact) mass is 383 g/mol.